The fraction of sp³-hybridized carbons (Fsp3) is 0.286. The van der Waals surface area contributed by atoms with E-state index in [1.807, 2.05) is 25.1 Å². The van der Waals surface area contributed by atoms with Gasteiger partial charge in [-0.3, -0.25) is 0 Å². The third-order valence-corrected chi connectivity index (χ3v) is 3.74. The molecule has 1 aromatic heterocycles. The van der Waals surface area contributed by atoms with E-state index in [-0.39, 0.29) is 10.6 Å². The van der Waals surface area contributed by atoms with Gasteiger partial charge in [0.1, 0.15) is 17.3 Å². The number of benzene rings is 1. The predicted molar refractivity (Wildman–Crippen MR) is 70.0 cm³/mol. The number of furan rings is 1. The average molecular weight is 297 g/mol. The van der Waals surface area contributed by atoms with Gasteiger partial charge in [-0.1, -0.05) is 35.0 Å². The first-order valence-electron chi connectivity index (χ1n) is 5.60. The van der Waals surface area contributed by atoms with Crippen LogP contribution in [0.25, 0.3) is 0 Å². The predicted octanol–water partition coefficient (Wildman–Crippen LogP) is 4.77. The SMILES string of the molecule is CCc1ccc(C(Br)c2ccc(F)c(C)c2)o1. The highest BCUT2D eigenvalue weighted by molar-refractivity contribution is 9.09. The fourth-order valence-electron chi connectivity index (χ4n) is 1.71. The van der Waals surface area contributed by atoms with Crippen LogP contribution in [0.3, 0.4) is 0 Å². The highest BCUT2D eigenvalue weighted by atomic mass is 79.9. The third kappa shape index (κ3) is 2.60. The van der Waals surface area contributed by atoms with Crippen molar-refractivity contribution in [2.45, 2.75) is 25.1 Å². The van der Waals surface area contributed by atoms with Gasteiger partial charge in [-0.15, -0.1) is 0 Å². The summed E-state index contributed by atoms with van der Waals surface area (Å²) in [6, 6.07) is 9.03. The van der Waals surface area contributed by atoms with E-state index in [1.165, 1.54) is 6.07 Å². The fourth-order valence-corrected chi connectivity index (χ4v) is 2.24. The lowest BCUT2D eigenvalue weighted by atomic mass is 10.1. The van der Waals surface area contributed by atoms with Crippen LogP contribution in [-0.2, 0) is 6.42 Å². The molecular weight excluding hydrogens is 283 g/mol. The normalized spacial score (nSPS) is 12.7. The van der Waals surface area contributed by atoms with E-state index >= 15 is 0 Å². The van der Waals surface area contributed by atoms with Gasteiger partial charge in [0.05, 0.1) is 4.83 Å². The molecule has 2 aromatic rings. The molecule has 1 heterocycles. The Balaban J connectivity index is 2.29. The van der Waals surface area contributed by atoms with Crippen LogP contribution in [0.4, 0.5) is 4.39 Å². The summed E-state index contributed by atoms with van der Waals surface area (Å²) < 4.78 is 18.9. The lowest BCUT2D eigenvalue weighted by molar-refractivity contribution is 0.477. The summed E-state index contributed by atoms with van der Waals surface area (Å²) >= 11 is 3.58. The Bertz CT molecular complexity index is 519. The molecule has 0 aliphatic heterocycles. The minimum atomic E-state index is -0.179. The Morgan fingerprint density at radius 1 is 1.29 bits per heavy atom. The van der Waals surface area contributed by atoms with Crippen LogP contribution < -0.4 is 0 Å². The lowest BCUT2D eigenvalue weighted by Gasteiger charge is -2.08. The van der Waals surface area contributed by atoms with Crippen molar-refractivity contribution in [3.8, 4) is 0 Å². The average Bonchev–Trinajstić information content (AvgIpc) is 2.80. The third-order valence-electron chi connectivity index (χ3n) is 2.76. The van der Waals surface area contributed by atoms with E-state index in [2.05, 4.69) is 15.9 Å². The molecule has 0 radical (unpaired) electrons. The molecular formula is C14H14BrFO. The van der Waals surface area contributed by atoms with E-state index in [0.717, 1.165) is 23.5 Å². The monoisotopic (exact) mass is 296 g/mol. The second kappa shape index (κ2) is 5.05. The summed E-state index contributed by atoms with van der Waals surface area (Å²) in [7, 11) is 0. The lowest BCUT2D eigenvalue weighted by Crippen LogP contribution is -1.93. The summed E-state index contributed by atoms with van der Waals surface area (Å²) in [4.78, 5) is -0.0258. The number of rotatable bonds is 3. The summed E-state index contributed by atoms with van der Waals surface area (Å²) in [6.45, 7) is 3.81. The Morgan fingerprint density at radius 2 is 2.06 bits per heavy atom. The van der Waals surface area contributed by atoms with Crippen LogP contribution in [0, 0.1) is 12.7 Å². The maximum atomic E-state index is 13.2. The Labute approximate surface area is 109 Å². The molecule has 17 heavy (non-hydrogen) atoms. The van der Waals surface area contributed by atoms with E-state index in [9.17, 15) is 4.39 Å². The smallest absolute Gasteiger partial charge is 0.126 e. The van der Waals surface area contributed by atoms with E-state index < -0.39 is 0 Å². The van der Waals surface area contributed by atoms with Crippen molar-refractivity contribution in [1.29, 1.82) is 0 Å². The van der Waals surface area contributed by atoms with Crippen molar-refractivity contribution >= 4 is 15.9 Å². The molecule has 0 N–H and O–H groups in total. The first-order chi connectivity index (χ1) is 8.11. The number of halogens is 2. The summed E-state index contributed by atoms with van der Waals surface area (Å²) in [5, 5.41) is 0. The van der Waals surface area contributed by atoms with Gasteiger partial charge in [-0.25, -0.2) is 4.39 Å². The molecule has 1 unspecified atom stereocenters. The summed E-state index contributed by atoms with van der Waals surface area (Å²) in [5.74, 6) is 1.64. The van der Waals surface area contributed by atoms with Gasteiger partial charge >= 0.3 is 0 Å². The van der Waals surface area contributed by atoms with Crippen molar-refractivity contribution < 1.29 is 8.81 Å². The van der Waals surface area contributed by atoms with Crippen LogP contribution in [-0.4, -0.2) is 0 Å². The molecule has 1 aromatic carbocycles. The minimum absolute atomic E-state index is 0.0258. The number of aryl methyl sites for hydroxylation is 2. The van der Waals surface area contributed by atoms with Crippen LogP contribution in [0.2, 0.25) is 0 Å². The van der Waals surface area contributed by atoms with Crippen LogP contribution >= 0.6 is 15.9 Å². The van der Waals surface area contributed by atoms with Gasteiger partial charge in [0.15, 0.2) is 0 Å². The van der Waals surface area contributed by atoms with Gasteiger partial charge in [0.25, 0.3) is 0 Å². The molecule has 1 atom stereocenters. The van der Waals surface area contributed by atoms with Crippen LogP contribution in [0.1, 0.15) is 34.4 Å². The molecule has 0 spiro atoms. The van der Waals surface area contributed by atoms with Crippen molar-refractivity contribution in [3.63, 3.8) is 0 Å². The highest BCUT2D eigenvalue weighted by Gasteiger charge is 2.15. The van der Waals surface area contributed by atoms with Gasteiger partial charge < -0.3 is 4.42 Å². The van der Waals surface area contributed by atoms with E-state index in [4.69, 9.17) is 4.42 Å². The van der Waals surface area contributed by atoms with Gasteiger partial charge in [-0.05, 0) is 36.2 Å². The molecule has 3 heteroatoms. The van der Waals surface area contributed by atoms with Crippen LogP contribution in [0.5, 0.6) is 0 Å². The molecule has 0 aliphatic carbocycles. The topological polar surface area (TPSA) is 13.1 Å². The first kappa shape index (κ1) is 12.4. The zero-order chi connectivity index (χ0) is 12.4. The number of alkyl halides is 1. The van der Waals surface area contributed by atoms with Gasteiger partial charge in [-0.2, -0.15) is 0 Å². The second-order valence-corrected chi connectivity index (χ2v) is 4.94. The zero-order valence-electron chi connectivity index (χ0n) is 9.84. The molecule has 0 saturated carbocycles. The quantitative estimate of drug-likeness (QED) is 0.743. The van der Waals surface area contributed by atoms with Crippen molar-refractivity contribution in [3.05, 3.63) is 58.8 Å². The highest BCUT2D eigenvalue weighted by Crippen LogP contribution is 2.32. The molecule has 0 bridgehead atoms. The van der Waals surface area contributed by atoms with Crippen molar-refractivity contribution in [2.75, 3.05) is 0 Å². The Morgan fingerprint density at radius 3 is 2.65 bits per heavy atom. The van der Waals surface area contributed by atoms with Crippen molar-refractivity contribution in [2.24, 2.45) is 0 Å². The molecule has 0 aliphatic rings. The molecule has 1 nitrogen and oxygen atoms in total. The molecule has 0 fully saturated rings. The summed E-state index contributed by atoms with van der Waals surface area (Å²) in [6.07, 6.45) is 0.877. The maximum absolute atomic E-state index is 13.2. The Kier molecular flexibility index (Phi) is 3.67. The van der Waals surface area contributed by atoms with Gasteiger partial charge in [0, 0.05) is 6.42 Å². The molecule has 2 rings (SSSR count). The number of hydrogen-bond donors (Lipinski definition) is 0. The summed E-state index contributed by atoms with van der Waals surface area (Å²) in [5.41, 5.74) is 1.65. The second-order valence-electron chi connectivity index (χ2n) is 4.03. The Hall–Kier alpha value is -1.09. The van der Waals surface area contributed by atoms with E-state index in [0.29, 0.717) is 5.56 Å². The van der Waals surface area contributed by atoms with Crippen LogP contribution in [0.15, 0.2) is 34.7 Å². The van der Waals surface area contributed by atoms with Gasteiger partial charge in [0.2, 0.25) is 0 Å². The number of hydrogen-bond acceptors (Lipinski definition) is 1. The largest absolute Gasteiger partial charge is 0.465 e. The minimum Gasteiger partial charge on any atom is -0.465 e. The zero-order valence-corrected chi connectivity index (χ0v) is 11.4. The standard InChI is InChI=1S/C14H14BrFO/c1-3-11-5-7-13(17-11)14(15)10-4-6-12(16)9(2)8-10/h4-8,14H,3H2,1-2H3. The molecule has 0 amide bonds. The van der Waals surface area contributed by atoms with Crippen molar-refractivity contribution in [1.82, 2.24) is 0 Å². The molecule has 0 saturated heterocycles. The van der Waals surface area contributed by atoms with E-state index in [1.54, 1.807) is 13.0 Å². The molecule has 90 valence electrons. The maximum Gasteiger partial charge on any atom is 0.126 e. The first-order valence-corrected chi connectivity index (χ1v) is 6.52.